The Hall–Kier alpha value is -1.58. The number of amides is 1. The van der Waals surface area contributed by atoms with Crippen LogP contribution in [0.25, 0.3) is 6.08 Å². The van der Waals surface area contributed by atoms with Crippen molar-refractivity contribution >= 4 is 12.0 Å². The Labute approximate surface area is 96.3 Å². The maximum absolute atomic E-state index is 11.4. The second kappa shape index (κ2) is 4.96. The maximum Gasteiger partial charge on any atom is 0.244 e. The molecule has 16 heavy (non-hydrogen) atoms. The first-order chi connectivity index (χ1) is 7.41. The van der Waals surface area contributed by atoms with Gasteiger partial charge < -0.3 is 5.32 Å². The van der Waals surface area contributed by atoms with E-state index in [1.54, 1.807) is 6.08 Å². The van der Waals surface area contributed by atoms with Gasteiger partial charge in [-0.15, -0.1) is 0 Å². The van der Waals surface area contributed by atoms with Crippen LogP contribution in [0.15, 0.2) is 6.08 Å². The molecule has 0 bridgehead atoms. The third-order valence-electron chi connectivity index (χ3n) is 2.40. The largest absolute Gasteiger partial charge is 0.350 e. The molecule has 1 aromatic rings. The third-order valence-corrected chi connectivity index (χ3v) is 2.40. The van der Waals surface area contributed by atoms with E-state index in [1.165, 1.54) is 0 Å². The lowest BCUT2D eigenvalue weighted by Crippen LogP contribution is -2.28. The van der Waals surface area contributed by atoms with Gasteiger partial charge in [0.1, 0.15) is 0 Å². The summed E-state index contributed by atoms with van der Waals surface area (Å²) in [5.41, 5.74) is 3.01. The van der Waals surface area contributed by atoms with Crippen molar-refractivity contribution in [2.45, 2.75) is 33.7 Å². The fourth-order valence-electron chi connectivity index (χ4n) is 1.52. The number of rotatable bonds is 3. The van der Waals surface area contributed by atoms with Crippen molar-refractivity contribution in [3.8, 4) is 0 Å². The summed E-state index contributed by atoms with van der Waals surface area (Å²) < 4.78 is 1.81. The minimum absolute atomic E-state index is 0.0716. The molecule has 88 valence electrons. The summed E-state index contributed by atoms with van der Waals surface area (Å²) >= 11 is 0. The van der Waals surface area contributed by atoms with Crippen molar-refractivity contribution < 1.29 is 4.79 Å². The summed E-state index contributed by atoms with van der Waals surface area (Å²) in [6.45, 7) is 7.80. The van der Waals surface area contributed by atoms with Gasteiger partial charge in [0, 0.05) is 30.4 Å². The van der Waals surface area contributed by atoms with Gasteiger partial charge in [-0.05, 0) is 33.8 Å². The molecule has 1 aromatic heterocycles. The smallest absolute Gasteiger partial charge is 0.244 e. The zero-order chi connectivity index (χ0) is 12.3. The predicted molar refractivity (Wildman–Crippen MR) is 65.0 cm³/mol. The van der Waals surface area contributed by atoms with Crippen molar-refractivity contribution in [2.75, 3.05) is 0 Å². The molecule has 0 aromatic carbocycles. The Balaban J connectivity index is 2.80. The van der Waals surface area contributed by atoms with Gasteiger partial charge in [0.15, 0.2) is 0 Å². The van der Waals surface area contributed by atoms with Gasteiger partial charge in [0.05, 0.1) is 5.69 Å². The zero-order valence-electron chi connectivity index (χ0n) is 10.5. The first-order valence-electron chi connectivity index (χ1n) is 5.40. The van der Waals surface area contributed by atoms with E-state index in [-0.39, 0.29) is 11.9 Å². The molecule has 0 saturated carbocycles. The lowest BCUT2D eigenvalue weighted by atomic mass is 10.2. The van der Waals surface area contributed by atoms with E-state index in [0.717, 1.165) is 17.0 Å². The molecule has 0 spiro atoms. The van der Waals surface area contributed by atoms with Crippen LogP contribution in [0.5, 0.6) is 0 Å². The van der Waals surface area contributed by atoms with Crippen molar-refractivity contribution in [2.24, 2.45) is 7.05 Å². The summed E-state index contributed by atoms with van der Waals surface area (Å²) in [6.07, 6.45) is 3.37. The second-order valence-corrected chi connectivity index (χ2v) is 4.20. The average molecular weight is 221 g/mol. The van der Waals surface area contributed by atoms with Gasteiger partial charge in [0.2, 0.25) is 5.91 Å². The van der Waals surface area contributed by atoms with Gasteiger partial charge in [-0.3, -0.25) is 9.48 Å². The molecule has 0 unspecified atom stereocenters. The van der Waals surface area contributed by atoms with Crippen LogP contribution in [0, 0.1) is 13.8 Å². The highest BCUT2D eigenvalue weighted by Gasteiger charge is 2.06. The zero-order valence-corrected chi connectivity index (χ0v) is 10.5. The normalized spacial score (nSPS) is 11.4. The number of nitrogens with zero attached hydrogens (tertiary/aromatic N) is 2. The number of aromatic nitrogens is 2. The van der Waals surface area contributed by atoms with E-state index in [2.05, 4.69) is 10.4 Å². The first-order valence-corrected chi connectivity index (χ1v) is 5.40. The number of hydrogen-bond donors (Lipinski definition) is 1. The Morgan fingerprint density at radius 2 is 2.06 bits per heavy atom. The Morgan fingerprint density at radius 1 is 1.44 bits per heavy atom. The summed E-state index contributed by atoms with van der Waals surface area (Å²) in [5.74, 6) is -0.0716. The molecule has 0 aliphatic carbocycles. The van der Waals surface area contributed by atoms with Crippen LogP contribution in [-0.2, 0) is 11.8 Å². The number of carbonyl (C=O) groups excluding carboxylic acids is 1. The molecule has 0 aliphatic rings. The highest BCUT2D eigenvalue weighted by molar-refractivity contribution is 5.92. The summed E-state index contributed by atoms with van der Waals surface area (Å²) in [7, 11) is 1.90. The van der Waals surface area contributed by atoms with E-state index >= 15 is 0 Å². The Kier molecular flexibility index (Phi) is 3.88. The highest BCUT2D eigenvalue weighted by atomic mass is 16.1. The molecule has 1 N–H and O–H groups in total. The topological polar surface area (TPSA) is 46.9 Å². The van der Waals surface area contributed by atoms with Crippen molar-refractivity contribution in [1.29, 1.82) is 0 Å². The minimum atomic E-state index is -0.0716. The quantitative estimate of drug-likeness (QED) is 0.788. The molecule has 0 atom stereocenters. The van der Waals surface area contributed by atoms with Gasteiger partial charge in [0.25, 0.3) is 0 Å². The molecule has 1 amide bonds. The van der Waals surface area contributed by atoms with Crippen LogP contribution in [0.4, 0.5) is 0 Å². The van der Waals surface area contributed by atoms with Crippen LogP contribution in [0.2, 0.25) is 0 Å². The van der Waals surface area contributed by atoms with Crippen LogP contribution < -0.4 is 5.32 Å². The number of carbonyl (C=O) groups is 1. The molecule has 0 aliphatic heterocycles. The SMILES string of the molecule is Cc1nn(C)c(C)c1C=CC(=O)NC(C)C. The van der Waals surface area contributed by atoms with E-state index < -0.39 is 0 Å². The van der Waals surface area contributed by atoms with Crippen LogP contribution in [0.1, 0.15) is 30.8 Å². The molecule has 4 heteroatoms. The van der Waals surface area contributed by atoms with Crippen LogP contribution in [0.3, 0.4) is 0 Å². The molecule has 4 nitrogen and oxygen atoms in total. The number of nitrogens with one attached hydrogen (secondary N) is 1. The monoisotopic (exact) mass is 221 g/mol. The van der Waals surface area contributed by atoms with Crippen LogP contribution >= 0.6 is 0 Å². The van der Waals surface area contributed by atoms with Gasteiger partial charge in [-0.25, -0.2) is 0 Å². The third kappa shape index (κ3) is 2.95. The Bertz CT molecular complexity index is 416. The standard InChI is InChI=1S/C12H19N3O/c1-8(2)13-12(16)7-6-11-9(3)14-15(5)10(11)4/h6-8H,1-5H3,(H,13,16). The molecular formula is C12H19N3O. The lowest BCUT2D eigenvalue weighted by Gasteiger charge is -2.04. The molecular weight excluding hydrogens is 202 g/mol. The van der Waals surface area contributed by atoms with Crippen LogP contribution in [-0.4, -0.2) is 21.7 Å². The summed E-state index contributed by atoms with van der Waals surface area (Å²) in [5, 5.41) is 7.09. The molecule has 0 fully saturated rings. The lowest BCUT2D eigenvalue weighted by molar-refractivity contribution is -0.116. The van der Waals surface area contributed by atoms with E-state index in [4.69, 9.17) is 0 Å². The van der Waals surface area contributed by atoms with Crippen molar-refractivity contribution in [3.63, 3.8) is 0 Å². The van der Waals surface area contributed by atoms with Crippen molar-refractivity contribution in [3.05, 3.63) is 23.0 Å². The molecule has 0 saturated heterocycles. The highest BCUT2D eigenvalue weighted by Crippen LogP contribution is 2.13. The minimum Gasteiger partial charge on any atom is -0.350 e. The molecule has 1 rings (SSSR count). The van der Waals surface area contributed by atoms with Gasteiger partial charge in [-0.2, -0.15) is 5.10 Å². The average Bonchev–Trinajstić information content (AvgIpc) is 2.38. The number of aryl methyl sites for hydroxylation is 2. The van der Waals surface area contributed by atoms with E-state index in [9.17, 15) is 4.79 Å². The van der Waals surface area contributed by atoms with Crippen molar-refractivity contribution in [1.82, 2.24) is 15.1 Å². The fourth-order valence-corrected chi connectivity index (χ4v) is 1.52. The Morgan fingerprint density at radius 3 is 2.50 bits per heavy atom. The number of hydrogen-bond acceptors (Lipinski definition) is 2. The molecule has 1 heterocycles. The molecule has 0 radical (unpaired) electrons. The van der Waals surface area contributed by atoms with E-state index in [1.807, 2.05) is 45.5 Å². The second-order valence-electron chi connectivity index (χ2n) is 4.20. The van der Waals surface area contributed by atoms with Gasteiger partial charge in [-0.1, -0.05) is 0 Å². The first kappa shape index (κ1) is 12.5. The predicted octanol–water partition coefficient (Wildman–Crippen LogP) is 1.57. The van der Waals surface area contributed by atoms with Gasteiger partial charge >= 0.3 is 0 Å². The maximum atomic E-state index is 11.4. The van der Waals surface area contributed by atoms with E-state index in [0.29, 0.717) is 0 Å². The summed E-state index contributed by atoms with van der Waals surface area (Å²) in [6, 6.07) is 0.160. The summed E-state index contributed by atoms with van der Waals surface area (Å²) in [4.78, 5) is 11.4. The fraction of sp³-hybridized carbons (Fsp3) is 0.500.